The number of nitrogens with one attached hydrogen (secondary N) is 1. The Morgan fingerprint density at radius 2 is 1.89 bits per heavy atom. The summed E-state index contributed by atoms with van der Waals surface area (Å²) in [6, 6.07) is 5.55. The molecule has 1 aliphatic rings. The van der Waals surface area contributed by atoms with Crippen LogP contribution in [0.15, 0.2) is 35.5 Å². The zero-order valence-corrected chi connectivity index (χ0v) is 23.5. The molecule has 7 heteroatoms. The highest BCUT2D eigenvalue weighted by Gasteiger charge is 2.25. The van der Waals surface area contributed by atoms with Gasteiger partial charge in [-0.1, -0.05) is 38.0 Å². The van der Waals surface area contributed by atoms with E-state index in [1.807, 2.05) is 52.9 Å². The first-order valence-corrected chi connectivity index (χ1v) is 13.7. The number of carbonyl (C=O) groups is 1. The van der Waals surface area contributed by atoms with E-state index >= 15 is 0 Å². The number of fused-ring (bicyclic) bond motifs is 3. The van der Waals surface area contributed by atoms with Gasteiger partial charge in [-0.25, -0.2) is 9.78 Å². The lowest BCUT2D eigenvalue weighted by atomic mass is 9.96. The van der Waals surface area contributed by atoms with Crippen molar-refractivity contribution < 1.29 is 9.53 Å². The Morgan fingerprint density at radius 3 is 2.55 bits per heavy atom. The smallest absolute Gasteiger partial charge is 0.407 e. The maximum atomic E-state index is 13.9. The number of benzene rings is 1. The van der Waals surface area contributed by atoms with Gasteiger partial charge in [-0.05, 0) is 88.8 Å². The second-order valence-corrected chi connectivity index (χ2v) is 11.3. The number of nitrogens with zero attached hydrogens (tertiary/aromatic N) is 3. The number of unbranched alkanes of at least 4 members (excludes halogenated alkanes) is 1. The predicted molar refractivity (Wildman–Crippen MR) is 153 cm³/mol. The molecule has 0 radical (unpaired) electrons. The zero-order valence-electron chi connectivity index (χ0n) is 23.5. The minimum atomic E-state index is -0.597. The van der Waals surface area contributed by atoms with Gasteiger partial charge in [0.2, 0.25) is 0 Å². The number of carbonyl (C=O) groups excluding carboxylic acids is 1. The molecule has 1 aromatic carbocycles. The monoisotopic (exact) mass is 516 g/mol. The molecule has 1 amide bonds. The fourth-order valence-electron chi connectivity index (χ4n) is 5.05. The lowest BCUT2D eigenvalue weighted by Gasteiger charge is -2.28. The van der Waals surface area contributed by atoms with Crippen LogP contribution in [0.2, 0.25) is 0 Å². The molecule has 0 fully saturated rings. The molecule has 0 aliphatic heterocycles. The van der Waals surface area contributed by atoms with Gasteiger partial charge in [0.05, 0.1) is 29.3 Å². The van der Waals surface area contributed by atoms with Crippen molar-refractivity contribution in [3.05, 3.63) is 68.3 Å². The van der Waals surface area contributed by atoms with Gasteiger partial charge >= 0.3 is 6.09 Å². The first-order chi connectivity index (χ1) is 18.1. The summed E-state index contributed by atoms with van der Waals surface area (Å²) in [5, 5.41) is 5.82. The van der Waals surface area contributed by atoms with E-state index in [4.69, 9.17) is 9.72 Å². The van der Waals surface area contributed by atoms with E-state index in [0.717, 1.165) is 64.9 Å². The lowest BCUT2D eigenvalue weighted by molar-refractivity contribution is 0.0485. The molecule has 2 atom stereocenters. The Morgan fingerprint density at radius 1 is 1.16 bits per heavy atom. The van der Waals surface area contributed by atoms with E-state index < -0.39 is 11.7 Å². The standard InChI is InChI=1S/C31H40N4O3/c1-7-8-13-27(34-30(37)38-31(4,5)6)21(3)35-19-33-28-25-12-10-9-11-24(25)23(17-26(28)29(35)36)16-22-15-14-20(2)32-18-22/h11-12,14-15,17-19,21,27H,7-10,13,16H2,1-6H3,(H,34,37). The number of amides is 1. The van der Waals surface area contributed by atoms with E-state index in [0.29, 0.717) is 11.8 Å². The molecule has 0 bridgehead atoms. The van der Waals surface area contributed by atoms with Crippen LogP contribution < -0.4 is 21.3 Å². The molecule has 0 spiro atoms. The van der Waals surface area contributed by atoms with E-state index in [1.54, 1.807) is 10.9 Å². The molecule has 2 unspecified atom stereocenters. The predicted octanol–water partition coefficient (Wildman–Crippen LogP) is 4.69. The summed E-state index contributed by atoms with van der Waals surface area (Å²) in [7, 11) is 0. The topological polar surface area (TPSA) is 86.1 Å². The molecule has 202 valence electrons. The van der Waals surface area contributed by atoms with Crippen LogP contribution in [0.1, 0.15) is 89.6 Å². The van der Waals surface area contributed by atoms with Gasteiger partial charge in [0.25, 0.3) is 5.56 Å². The second kappa shape index (κ2) is 11.5. The van der Waals surface area contributed by atoms with Gasteiger partial charge in [0.15, 0.2) is 0 Å². The summed E-state index contributed by atoms with van der Waals surface area (Å²) in [5.74, 6) is 0. The second-order valence-electron chi connectivity index (χ2n) is 11.3. The summed E-state index contributed by atoms with van der Waals surface area (Å²) < 4.78 is 7.17. The Balaban J connectivity index is 1.76. The average molecular weight is 517 g/mol. The van der Waals surface area contributed by atoms with Gasteiger partial charge in [0.1, 0.15) is 5.60 Å². The van der Waals surface area contributed by atoms with E-state index in [2.05, 4.69) is 35.4 Å². The Hall–Kier alpha value is -3.48. The van der Waals surface area contributed by atoms with Crippen molar-refractivity contribution in [2.24, 2.45) is 0 Å². The Labute approximate surface area is 224 Å². The SMILES string of the molecule is CCCCC(NC(=O)OC(C)(C)C)C(C)n1cnc2c3c(c(Cc4ccc(C)nc4)cc2c1=O)=CCCC=3. The molecule has 3 aromatic rings. The molecule has 4 rings (SSSR count). The van der Waals surface area contributed by atoms with Crippen LogP contribution in [0, 0.1) is 6.92 Å². The Bertz CT molecular complexity index is 1480. The van der Waals surface area contributed by atoms with Crippen molar-refractivity contribution in [3.63, 3.8) is 0 Å². The van der Waals surface area contributed by atoms with Crippen LogP contribution in [0.3, 0.4) is 0 Å². The minimum absolute atomic E-state index is 0.0972. The van der Waals surface area contributed by atoms with Crippen LogP contribution >= 0.6 is 0 Å². The van der Waals surface area contributed by atoms with Crippen LogP contribution in [0.5, 0.6) is 0 Å². The van der Waals surface area contributed by atoms with Crippen molar-refractivity contribution in [3.8, 4) is 0 Å². The zero-order chi connectivity index (χ0) is 27.4. The first-order valence-electron chi connectivity index (χ1n) is 13.7. The molecular weight excluding hydrogens is 476 g/mol. The van der Waals surface area contributed by atoms with Crippen LogP contribution in [-0.4, -0.2) is 32.3 Å². The summed E-state index contributed by atoms with van der Waals surface area (Å²) >= 11 is 0. The first kappa shape index (κ1) is 27.6. The number of alkyl carbamates (subject to hydrolysis) is 1. The number of pyridine rings is 1. The van der Waals surface area contributed by atoms with Gasteiger partial charge in [-0.15, -0.1) is 0 Å². The summed E-state index contributed by atoms with van der Waals surface area (Å²) in [6.45, 7) is 11.6. The molecule has 2 heterocycles. The lowest BCUT2D eigenvalue weighted by Crippen LogP contribution is -2.45. The van der Waals surface area contributed by atoms with E-state index in [-0.39, 0.29) is 17.6 Å². The molecule has 0 saturated carbocycles. The van der Waals surface area contributed by atoms with Crippen molar-refractivity contribution in [2.75, 3.05) is 0 Å². The summed E-state index contributed by atoms with van der Waals surface area (Å²) in [6.07, 6.45) is 12.8. The van der Waals surface area contributed by atoms with Gasteiger partial charge in [0, 0.05) is 17.1 Å². The molecule has 38 heavy (non-hydrogen) atoms. The van der Waals surface area contributed by atoms with Crippen molar-refractivity contribution in [1.29, 1.82) is 0 Å². The highest BCUT2D eigenvalue weighted by Crippen LogP contribution is 2.18. The minimum Gasteiger partial charge on any atom is -0.444 e. The van der Waals surface area contributed by atoms with E-state index in [1.165, 1.54) is 0 Å². The van der Waals surface area contributed by atoms with Crippen molar-refractivity contribution in [2.45, 2.75) is 97.8 Å². The van der Waals surface area contributed by atoms with Crippen LogP contribution in [-0.2, 0) is 11.2 Å². The number of hydrogen-bond donors (Lipinski definition) is 1. The third-order valence-electron chi connectivity index (χ3n) is 7.06. The normalized spacial score (nSPS) is 14.7. The van der Waals surface area contributed by atoms with Crippen LogP contribution in [0.4, 0.5) is 4.79 Å². The van der Waals surface area contributed by atoms with E-state index in [9.17, 15) is 9.59 Å². The fourth-order valence-corrected chi connectivity index (χ4v) is 5.05. The quantitative estimate of drug-likeness (QED) is 0.469. The number of ether oxygens (including phenoxy) is 1. The number of aromatic nitrogens is 3. The summed E-state index contributed by atoms with van der Waals surface area (Å²) in [4.78, 5) is 35.8. The van der Waals surface area contributed by atoms with Crippen LogP contribution in [0.25, 0.3) is 23.1 Å². The van der Waals surface area contributed by atoms with Gasteiger partial charge in [-0.3, -0.25) is 14.3 Å². The highest BCUT2D eigenvalue weighted by molar-refractivity contribution is 5.80. The Kier molecular flexibility index (Phi) is 8.34. The summed E-state index contributed by atoms with van der Waals surface area (Å²) in [5.41, 5.74) is 3.23. The fraction of sp³-hybridized carbons (Fsp3) is 0.484. The number of hydrogen-bond acceptors (Lipinski definition) is 5. The van der Waals surface area contributed by atoms with Crippen molar-refractivity contribution in [1.82, 2.24) is 19.9 Å². The molecule has 1 N–H and O–H groups in total. The van der Waals surface area contributed by atoms with Crippen molar-refractivity contribution >= 4 is 29.1 Å². The maximum absolute atomic E-state index is 13.9. The molecule has 2 aromatic heterocycles. The third kappa shape index (κ3) is 6.32. The average Bonchev–Trinajstić information content (AvgIpc) is 2.87. The van der Waals surface area contributed by atoms with Gasteiger partial charge < -0.3 is 10.1 Å². The highest BCUT2D eigenvalue weighted by atomic mass is 16.6. The largest absolute Gasteiger partial charge is 0.444 e. The molecule has 7 nitrogen and oxygen atoms in total. The molecule has 0 saturated heterocycles. The molecular formula is C31H40N4O3. The molecule has 1 aliphatic carbocycles. The maximum Gasteiger partial charge on any atom is 0.407 e. The van der Waals surface area contributed by atoms with Gasteiger partial charge in [-0.2, -0.15) is 0 Å². The number of aryl methyl sites for hydroxylation is 1. The third-order valence-corrected chi connectivity index (χ3v) is 7.06. The number of rotatable bonds is 8.